The Morgan fingerprint density at radius 1 is 1.14 bits per heavy atom. The fraction of sp³-hybridized carbons (Fsp3) is 0.808. The van der Waals surface area contributed by atoms with Gasteiger partial charge in [0.05, 0.1) is 19.9 Å². The first kappa shape index (κ1) is 31.7. The summed E-state index contributed by atoms with van der Waals surface area (Å²) in [4.78, 5) is 29.1. The largest absolute Gasteiger partial charge is 0.444 e. The highest BCUT2D eigenvalue weighted by Crippen LogP contribution is 2.51. The van der Waals surface area contributed by atoms with Gasteiger partial charge in [-0.3, -0.25) is 9.88 Å². The van der Waals surface area contributed by atoms with E-state index in [4.69, 9.17) is 13.9 Å². The van der Waals surface area contributed by atoms with Gasteiger partial charge in [0.1, 0.15) is 23.8 Å². The molecule has 1 saturated heterocycles. The third-order valence-corrected chi connectivity index (χ3v) is 19.4. The van der Waals surface area contributed by atoms with E-state index in [9.17, 15) is 14.7 Å². The first-order valence-electron chi connectivity index (χ1n) is 13.0. The predicted octanol–water partition coefficient (Wildman–Crippen LogP) is 5.68. The van der Waals surface area contributed by atoms with Crippen molar-refractivity contribution in [2.75, 3.05) is 11.9 Å². The summed E-state index contributed by atoms with van der Waals surface area (Å²) in [6.07, 6.45) is -0.184. The van der Waals surface area contributed by atoms with Crippen LogP contribution in [0.5, 0.6) is 0 Å². The Kier molecular flexibility index (Phi) is 8.75. The lowest BCUT2D eigenvalue weighted by Crippen LogP contribution is -2.65. The molecule has 0 spiro atoms. The third kappa shape index (κ3) is 6.92. The Hall–Kier alpha value is -1.54. The predicted molar refractivity (Wildman–Crippen MR) is 152 cm³/mol. The molecule has 1 aliphatic rings. The Morgan fingerprint density at radius 3 is 2.16 bits per heavy atom. The number of hydrogen-bond acceptors (Lipinski definition) is 7. The normalized spacial score (nSPS) is 23.7. The molecule has 9 nitrogen and oxygen atoms in total. The summed E-state index contributed by atoms with van der Waals surface area (Å²) < 4.78 is 19.5. The van der Waals surface area contributed by atoms with Gasteiger partial charge in [0.2, 0.25) is 0 Å². The minimum Gasteiger partial charge on any atom is -0.444 e. The van der Waals surface area contributed by atoms with E-state index < -0.39 is 51.3 Å². The molecule has 11 heteroatoms. The summed E-state index contributed by atoms with van der Waals surface area (Å²) in [5.41, 5.74) is -1.26. The number of hydrogen-bond donors (Lipinski definition) is 2. The first-order valence-corrected chi connectivity index (χ1v) is 18.9. The SMILES string of the molecule is CC(C)(C)OC(=O)Nc1ccn([C@H]2C[C@@](O)([Si](C)(C)C(C)(C)C)[C@@H](CO[Si](C)(C)C(C)(C)C)O2)c(=O)n1. The highest BCUT2D eigenvalue weighted by atomic mass is 28.4. The minimum atomic E-state index is -2.39. The summed E-state index contributed by atoms with van der Waals surface area (Å²) in [5.74, 6) is 0.0889. The second kappa shape index (κ2) is 10.2. The van der Waals surface area contributed by atoms with E-state index in [2.05, 4.69) is 78.0 Å². The molecule has 1 fully saturated rings. The summed E-state index contributed by atoms with van der Waals surface area (Å²) in [6.45, 7) is 27.2. The lowest BCUT2D eigenvalue weighted by Gasteiger charge is -2.49. The van der Waals surface area contributed by atoms with Crippen molar-refractivity contribution in [2.45, 2.75) is 128 Å². The van der Waals surface area contributed by atoms with Crippen LogP contribution in [0.15, 0.2) is 17.1 Å². The molecule has 2 N–H and O–H groups in total. The highest BCUT2D eigenvalue weighted by molar-refractivity contribution is 6.83. The number of aromatic nitrogens is 2. The van der Waals surface area contributed by atoms with E-state index in [1.165, 1.54) is 16.8 Å². The molecule has 37 heavy (non-hydrogen) atoms. The standard InChI is InChI=1S/C26H49N3O6Si2/c1-23(2,3)35-22(31)28-19-14-15-29(21(30)27-19)20-16-26(32,36(10,11)24(4,5)6)18(34-20)17-33-37(12,13)25(7,8)9/h14-15,18,20,32H,16-17H2,1-13H3,(H,27,28,30,31)/t18-,20-,26-/m1/s1. The third-order valence-electron chi connectivity index (χ3n) is 8.47. The molecule has 1 aromatic rings. The fourth-order valence-electron chi connectivity index (χ4n) is 4.01. The van der Waals surface area contributed by atoms with Crippen LogP contribution < -0.4 is 11.0 Å². The molecule has 0 radical (unpaired) electrons. The van der Waals surface area contributed by atoms with Crippen molar-refractivity contribution in [3.05, 3.63) is 22.7 Å². The Labute approximate surface area is 224 Å². The topological polar surface area (TPSA) is 112 Å². The average molecular weight is 556 g/mol. The van der Waals surface area contributed by atoms with Crippen molar-refractivity contribution in [1.82, 2.24) is 9.55 Å². The summed E-state index contributed by atoms with van der Waals surface area (Å²) in [7, 11) is -4.49. The van der Waals surface area contributed by atoms with E-state index in [0.717, 1.165) is 0 Å². The van der Waals surface area contributed by atoms with Crippen LogP contribution >= 0.6 is 0 Å². The Bertz CT molecular complexity index is 1040. The van der Waals surface area contributed by atoms with Crippen LogP contribution in [0.25, 0.3) is 0 Å². The van der Waals surface area contributed by atoms with Gasteiger partial charge in [-0.15, -0.1) is 0 Å². The zero-order valence-electron chi connectivity index (χ0n) is 25.1. The molecular formula is C26H49N3O6Si2. The van der Waals surface area contributed by atoms with Gasteiger partial charge in [-0.2, -0.15) is 4.98 Å². The van der Waals surface area contributed by atoms with Crippen LogP contribution in [0.4, 0.5) is 10.6 Å². The molecule has 212 valence electrons. The number of anilines is 1. The number of rotatable bonds is 6. The van der Waals surface area contributed by atoms with Crippen molar-refractivity contribution in [3.8, 4) is 0 Å². The second-order valence-electron chi connectivity index (χ2n) is 14.3. The molecule has 1 aromatic heterocycles. The number of carbonyl (C=O) groups excluding carboxylic acids is 1. The molecule has 0 saturated carbocycles. The molecular weight excluding hydrogens is 506 g/mol. The van der Waals surface area contributed by atoms with Crippen molar-refractivity contribution in [1.29, 1.82) is 0 Å². The van der Waals surface area contributed by atoms with Crippen molar-refractivity contribution in [2.24, 2.45) is 0 Å². The maximum absolute atomic E-state index is 13.0. The van der Waals surface area contributed by atoms with Gasteiger partial charge in [-0.1, -0.05) is 54.6 Å². The number of nitrogens with one attached hydrogen (secondary N) is 1. The summed E-state index contributed by atoms with van der Waals surface area (Å²) in [5, 5.41) is 13.5. The van der Waals surface area contributed by atoms with E-state index >= 15 is 0 Å². The molecule has 0 unspecified atom stereocenters. The first-order chi connectivity index (χ1) is 16.4. The lowest BCUT2D eigenvalue weighted by molar-refractivity contribution is -0.0569. The number of carbonyl (C=O) groups is 1. The van der Waals surface area contributed by atoms with Crippen LogP contribution in [0, 0.1) is 0 Å². The second-order valence-corrected chi connectivity index (χ2v) is 24.7. The van der Waals surface area contributed by atoms with E-state index in [1.807, 2.05) is 0 Å². The van der Waals surface area contributed by atoms with Crippen molar-refractivity contribution in [3.63, 3.8) is 0 Å². The molecule has 0 aliphatic carbocycles. The quantitative estimate of drug-likeness (QED) is 0.434. The molecule has 0 aromatic carbocycles. The van der Waals surface area contributed by atoms with Crippen molar-refractivity contribution >= 4 is 28.3 Å². The summed E-state index contributed by atoms with van der Waals surface area (Å²) in [6, 6.07) is 1.53. The highest BCUT2D eigenvalue weighted by Gasteiger charge is 2.62. The molecule has 2 rings (SSSR count). The van der Waals surface area contributed by atoms with Crippen LogP contribution in [-0.2, 0) is 13.9 Å². The maximum Gasteiger partial charge on any atom is 0.413 e. The Balaban J connectivity index is 2.37. The maximum atomic E-state index is 13.0. The van der Waals surface area contributed by atoms with Gasteiger partial charge in [-0.25, -0.2) is 9.59 Å². The monoisotopic (exact) mass is 555 g/mol. The Morgan fingerprint density at radius 2 is 1.70 bits per heavy atom. The van der Waals surface area contributed by atoms with E-state index in [0.29, 0.717) is 0 Å². The lowest BCUT2D eigenvalue weighted by atomic mass is 10.1. The van der Waals surface area contributed by atoms with Gasteiger partial charge >= 0.3 is 11.8 Å². The van der Waals surface area contributed by atoms with Crippen LogP contribution in [-0.4, -0.2) is 60.7 Å². The number of aliphatic hydroxyl groups is 1. The molecule has 1 amide bonds. The zero-order chi connectivity index (χ0) is 28.8. The van der Waals surface area contributed by atoms with Gasteiger partial charge < -0.3 is 19.0 Å². The number of nitrogens with zero attached hydrogens (tertiary/aromatic N) is 2. The van der Waals surface area contributed by atoms with E-state index in [1.54, 1.807) is 20.8 Å². The van der Waals surface area contributed by atoms with Gasteiger partial charge in [0, 0.05) is 12.6 Å². The van der Waals surface area contributed by atoms with Gasteiger partial charge in [0.25, 0.3) is 0 Å². The molecule has 0 bridgehead atoms. The fourth-order valence-corrected chi connectivity index (χ4v) is 7.95. The van der Waals surface area contributed by atoms with Crippen molar-refractivity contribution < 1.29 is 23.8 Å². The zero-order valence-corrected chi connectivity index (χ0v) is 27.1. The van der Waals surface area contributed by atoms with Gasteiger partial charge in [0.15, 0.2) is 8.32 Å². The van der Waals surface area contributed by atoms with Crippen LogP contribution in [0.1, 0.15) is 75.0 Å². The average Bonchev–Trinajstić information content (AvgIpc) is 3.01. The summed E-state index contributed by atoms with van der Waals surface area (Å²) >= 11 is 0. The smallest absolute Gasteiger partial charge is 0.413 e. The van der Waals surface area contributed by atoms with Crippen LogP contribution in [0.2, 0.25) is 36.3 Å². The number of ether oxygens (including phenoxy) is 2. The molecule has 1 aliphatic heterocycles. The molecule has 3 atom stereocenters. The molecule has 2 heterocycles. The van der Waals surface area contributed by atoms with Crippen LogP contribution in [0.3, 0.4) is 0 Å². The number of amides is 1. The van der Waals surface area contributed by atoms with Gasteiger partial charge in [-0.05, 0) is 50.0 Å². The minimum absolute atomic E-state index is 0.0118. The van der Waals surface area contributed by atoms with E-state index in [-0.39, 0.29) is 28.9 Å².